The van der Waals surface area contributed by atoms with Gasteiger partial charge in [0.05, 0.1) is 4.34 Å². The van der Waals surface area contributed by atoms with E-state index in [0.717, 1.165) is 20.0 Å². The van der Waals surface area contributed by atoms with Gasteiger partial charge in [-0.25, -0.2) is 4.39 Å². The second kappa shape index (κ2) is 4.57. The van der Waals surface area contributed by atoms with Gasteiger partial charge in [-0.15, -0.1) is 11.3 Å². The van der Waals surface area contributed by atoms with E-state index in [2.05, 4.69) is 0 Å². The van der Waals surface area contributed by atoms with Crippen molar-refractivity contribution in [3.63, 3.8) is 0 Å². The predicted molar refractivity (Wildman–Crippen MR) is 84.2 cm³/mol. The average molecular weight is 303 g/mol. The third kappa shape index (κ3) is 2.04. The normalized spacial score (nSPS) is 14.9. The summed E-state index contributed by atoms with van der Waals surface area (Å²) in [5.41, 5.74) is 2.89. The Morgan fingerprint density at radius 3 is 2.70 bits per heavy atom. The lowest BCUT2D eigenvalue weighted by molar-refractivity contribution is 0.630. The maximum Gasteiger partial charge on any atom is 0.131 e. The lowest BCUT2D eigenvalue weighted by atomic mass is 9.99. The Morgan fingerprint density at radius 1 is 1.05 bits per heavy atom. The number of hydrogen-bond donors (Lipinski definition) is 0. The zero-order chi connectivity index (χ0) is 13.7. The first-order chi connectivity index (χ1) is 9.72. The summed E-state index contributed by atoms with van der Waals surface area (Å²) < 4.78 is 16.0. The van der Waals surface area contributed by atoms with Crippen LogP contribution in [0.4, 0.5) is 4.39 Å². The number of hydrogen-bond acceptors (Lipinski definition) is 1. The van der Waals surface area contributed by atoms with E-state index in [9.17, 15) is 4.39 Å². The molecule has 0 radical (unpaired) electrons. The van der Waals surface area contributed by atoms with Gasteiger partial charge in [0.2, 0.25) is 0 Å². The fourth-order valence-corrected chi connectivity index (χ4v) is 3.93. The molecule has 0 spiro atoms. The third-order valence-corrected chi connectivity index (χ3v) is 5.16. The molecule has 2 aromatic carbocycles. The smallest absolute Gasteiger partial charge is 0.131 e. The monoisotopic (exact) mass is 302 g/mol. The van der Waals surface area contributed by atoms with E-state index in [1.165, 1.54) is 29.7 Å². The Hall–Kier alpha value is -1.38. The Kier molecular flexibility index (Phi) is 2.83. The van der Waals surface area contributed by atoms with Crippen molar-refractivity contribution in [2.45, 2.75) is 18.8 Å². The van der Waals surface area contributed by atoms with Gasteiger partial charge in [-0.2, -0.15) is 0 Å². The molecular formula is C17H12ClFS. The molecule has 0 aliphatic heterocycles. The molecule has 0 atom stereocenters. The van der Waals surface area contributed by atoms with Crippen LogP contribution in [-0.4, -0.2) is 0 Å². The lowest BCUT2D eigenvalue weighted by Gasteiger charge is -2.08. The van der Waals surface area contributed by atoms with Crippen LogP contribution in [0, 0.1) is 5.82 Å². The highest BCUT2D eigenvalue weighted by Crippen LogP contribution is 2.43. The number of rotatable bonds is 2. The van der Waals surface area contributed by atoms with Crippen LogP contribution in [0.1, 0.15) is 24.3 Å². The minimum Gasteiger partial charge on any atom is -0.206 e. The van der Waals surface area contributed by atoms with Crippen LogP contribution >= 0.6 is 22.9 Å². The zero-order valence-corrected chi connectivity index (χ0v) is 12.3. The molecule has 0 bridgehead atoms. The van der Waals surface area contributed by atoms with Crippen LogP contribution in [0.2, 0.25) is 4.34 Å². The van der Waals surface area contributed by atoms with E-state index >= 15 is 0 Å². The van der Waals surface area contributed by atoms with Gasteiger partial charge >= 0.3 is 0 Å². The summed E-state index contributed by atoms with van der Waals surface area (Å²) in [6, 6.07) is 13.4. The van der Waals surface area contributed by atoms with Crippen LogP contribution in [0.5, 0.6) is 0 Å². The topological polar surface area (TPSA) is 0 Å². The van der Waals surface area contributed by atoms with Gasteiger partial charge in [-0.05, 0) is 47.9 Å². The molecule has 1 heterocycles. The standard InChI is InChI=1S/C17H12ClFS/c18-16-9-12-2-1-3-13(17(12)20-16)14-8-11(10-4-5-10)6-7-15(14)19/h1-3,6-10H,4-5H2. The highest BCUT2D eigenvalue weighted by molar-refractivity contribution is 7.23. The summed E-state index contributed by atoms with van der Waals surface area (Å²) in [4.78, 5) is 0. The first kappa shape index (κ1) is 12.4. The van der Waals surface area contributed by atoms with Crippen LogP contribution in [-0.2, 0) is 0 Å². The molecule has 3 heteroatoms. The van der Waals surface area contributed by atoms with Crippen molar-refractivity contribution in [1.29, 1.82) is 0 Å². The largest absolute Gasteiger partial charge is 0.206 e. The molecule has 0 amide bonds. The summed E-state index contributed by atoms with van der Waals surface area (Å²) in [6.07, 6.45) is 2.44. The van der Waals surface area contributed by atoms with Gasteiger partial charge in [-0.1, -0.05) is 35.9 Å². The first-order valence-corrected chi connectivity index (χ1v) is 7.90. The van der Waals surface area contributed by atoms with Crippen LogP contribution in [0.3, 0.4) is 0 Å². The maximum absolute atomic E-state index is 14.2. The molecule has 1 aliphatic carbocycles. The van der Waals surface area contributed by atoms with E-state index < -0.39 is 0 Å². The number of halogens is 2. The van der Waals surface area contributed by atoms with E-state index in [0.29, 0.717) is 11.5 Å². The van der Waals surface area contributed by atoms with Crippen LogP contribution < -0.4 is 0 Å². The molecule has 4 rings (SSSR count). The summed E-state index contributed by atoms with van der Waals surface area (Å²) in [6.45, 7) is 0. The van der Waals surface area contributed by atoms with Crippen LogP contribution in [0.25, 0.3) is 21.2 Å². The number of fused-ring (bicyclic) bond motifs is 1. The van der Waals surface area contributed by atoms with E-state index in [4.69, 9.17) is 11.6 Å². The first-order valence-electron chi connectivity index (χ1n) is 6.70. The van der Waals surface area contributed by atoms with Crippen molar-refractivity contribution < 1.29 is 4.39 Å². The molecule has 1 fully saturated rings. The van der Waals surface area contributed by atoms with Crippen molar-refractivity contribution in [2.24, 2.45) is 0 Å². The predicted octanol–water partition coefficient (Wildman–Crippen LogP) is 6.24. The van der Waals surface area contributed by atoms with E-state index in [-0.39, 0.29) is 5.82 Å². The average Bonchev–Trinajstić information content (AvgIpc) is 3.20. The van der Waals surface area contributed by atoms with E-state index in [1.54, 1.807) is 6.07 Å². The molecule has 0 N–H and O–H groups in total. The molecule has 3 aromatic rings. The number of thiophene rings is 1. The SMILES string of the molecule is Fc1ccc(C2CC2)cc1-c1cccc2cc(Cl)sc12. The summed E-state index contributed by atoms with van der Waals surface area (Å²) >= 11 is 7.61. The van der Waals surface area contributed by atoms with Gasteiger partial charge in [0, 0.05) is 15.8 Å². The Morgan fingerprint density at radius 2 is 1.90 bits per heavy atom. The molecule has 1 saturated carbocycles. The fourth-order valence-electron chi connectivity index (χ4n) is 2.66. The van der Waals surface area contributed by atoms with Gasteiger partial charge in [0.15, 0.2) is 0 Å². The second-order valence-corrected chi connectivity index (χ2v) is 6.97. The molecule has 20 heavy (non-hydrogen) atoms. The van der Waals surface area contributed by atoms with Gasteiger partial charge in [0.1, 0.15) is 5.82 Å². The summed E-state index contributed by atoms with van der Waals surface area (Å²) in [7, 11) is 0. The minimum absolute atomic E-state index is 0.161. The Labute approximate surface area is 125 Å². The van der Waals surface area contributed by atoms with Gasteiger partial charge in [0.25, 0.3) is 0 Å². The van der Waals surface area contributed by atoms with Gasteiger partial charge in [-0.3, -0.25) is 0 Å². The van der Waals surface area contributed by atoms with Crippen LogP contribution in [0.15, 0.2) is 42.5 Å². The van der Waals surface area contributed by atoms with Crippen molar-refractivity contribution in [3.05, 3.63) is 58.2 Å². The second-order valence-electron chi connectivity index (χ2n) is 5.29. The van der Waals surface area contributed by atoms with Crippen molar-refractivity contribution in [2.75, 3.05) is 0 Å². The fraction of sp³-hybridized carbons (Fsp3) is 0.176. The molecule has 1 aliphatic rings. The highest BCUT2D eigenvalue weighted by Gasteiger charge is 2.24. The highest BCUT2D eigenvalue weighted by atomic mass is 35.5. The molecular weight excluding hydrogens is 291 g/mol. The van der Waals surface area contributed by atoms with Gasteiger partial charge < -0.3 is 0 Å². The zero-order valence-electron chi connectivity index (χ0n) is 10.7. The molecule has 100 valence electrons. The quantitative estimate of drug-likeness (QED) is 0.526. The van der Waals surface area contributed by atoms with E-state index in [1.807, 2.05) is 36.4 Å². The van der Waals surface area contributed by atoms with Crippen molar-refractivity contribution in [1.82, 2.24) is 0 Å². The Balaban J connectivity index is 1.96. The van der Waals surface area contributed by atoms with Crippen molar-refractivity contribution in [3.8, 4) is 11.1 Å². The maximum atomic E-state index is 14.2. The molecule has 0 nitrogen and oxygen atoms in total. The third-order valence-electron chi connectivity index (χ3n) is 3.84. The summed E-state index contributed by atoms with van der Waals surface area (Å²) in [5, 5.41) is 1.08. The number of benzene rings is 2. The molecule has 1 aromatic heterocycles. The molecule has 0 saturated heterocycles. The lowest BCUT2D eigenvalue weighted by Crippen LogP contribution is -1.88. The Bertz CT molecular complexity index is 802. The van der Waals surface area contributed by atoms with Crippen molar-refractivity contribution >= 4 is 33.0 Å². The minimum atomic E-state index is -0.161. The molecule has 0 unspecified atom stereocenters. The summed E-state index contributed by atoms with van der Waals surface area (Å²) in [5.74, 6) is 0.465.